The average molecular weight is 606 g/mol. The van der Waals surface area contributed by atoms with Gasteiger partial charge in [-0.15, -0.1) is 11.8 Å². The smallest absolute Gasteiger partial charge is 0.321 e. The molecule has 6 rings (SSSR count). The molecule has 0 bridgehead atoms. The first-order chi connectivity index (χ1) is 20.5. The Kier molecular flexibility index (Phi) is 8.19. The molecule has 5 atom stereocenters. The molecular weight excluding hydrogens is 566 g/mol. The zero-order chi connectivity index (χ0) is 30.3. The van der Waals surface area contributed by atoms with Crippen molar-refractivity contribution in [2.75, 3.05) is 19.0 Å². The van der Waals surface area contributed by atoms with E-state index in [2.05, 4.69) is 41.7 Å². The second-order valence-electron chi connectivity index (χ2n) is 12.2. The first kappa shape index (κ1) is 30.3. The third kappa shape index (κ3) is 5.88. The van der Waals surface area contributed by atoms with E-state index in [0.29, 0.717) is 0 Å². The molecule has 3 aliphatic heterocycles. The summed E-state index contributed by atoms with van der Waals surface area (Å²) in [6.07, 6.45) is -1.47. The lowest BCUT2D eigenvalue weighted by Crippen LogP contribution is -2.75. The van der Waals surface area contributed by atoms with Gasteiger partial charge in [0.1, 0.15) is 24.4 Å². The summed E-state index contributed by atoms with van der Waals surface area (Å²) in [5.74, 6) is -2.51. The fourth-order valence-corrected chi connectivity index (χ4v) is 7.90. The van der Waals surface area contributed by atoms with Crippen molar-refractivity contribution in [2.24, 2.45) is 0 Å². The minimum atomic E-state index is -1.25. The predicted molar refractivity (Wildman–Crippen MR) is 164 cm³/mol. The highest BCUT2D eigenvalue weighted by atomic mass is 32.2. The van der Waals surface area contributed by atoms with Crippen LogP contribution in [0.3, 0.4) is 0 Å². The molecule has 3 aromatic carbocycles. The fourth-order valence-electron chi connectivity index (χ4n) is 6.35. The number of nitrogens with one attached hydrogen (secondary N) is 1. The molecule has 3 aliphatic rings. The Hall–Kier alpha value is -2.76. The summed E-state index contributed by atoms with van der Waals surface area (Å²) in [6.45, 7) is 7.69. The van der Waals surface area contributed by atoms with E-state index < -0.39 is 46.3 Å². The molecule has 8 nitrogen and oxygen atoms in total. The van der Waals surface area contributed by atoms with Crippen LogP contribution in [0.15, 0.2) is 91.0 Å². The molecular formula is C34H39NO7S. The number of benzene rings is 3. The van der Waals surface area contributed by atoms with Crippen LogP contribution < -0.4 is 5.32 Å². The van der Waals surface area contributed by atoms with E-state index in [0.717, 1.165) is 16.7 Å². The monoisotopic (exact) mass is 605 g/mol. The minimum Gasteiger partial charge on any atom is -0.480 e. The van der Waals surface area contributed by atoms with Crippen molar-refractivity contribution in [2.45, 2.75) is 74.1 Å². The summed E-state index contributed by atoms with van der Waals surface area (Å²) >= 11 is 1.57. The molecule has 228 valence electrons. The molecule has 0 amide bonds. The number of ether oxygens (including phenoxy) is 5. The molecule has 0 spiro atoms. The predicted octanol–water partition coefficient (Wildman–Crippen LogP) is 5.15. The number of carboxylic acids is 1. The SMILES string of the molecule is CC1(C)O[C@@H]2[C@@H](CO[C@]3(N[C@@H](CSC(c4ccccc4)(c4ccccc4)c4ccccc4)C(=O)O)COC(C)(C)O[C@@H]23)O1. The number of aliphatic carboxylic acids is 1. The fraction of sp³-hybridized carbons (Fsp3) is 0.441. The zero-order valence-electron chi connectivity index (χ0n) is 24.9. The maximum absolute atomic E-state index is 13.0. The summed E-state index contributed by atoms with van der Waals surface area (Å²) in [6, 6.07) is 29.6. The van der Waals surface area contributed by atoms with Crippen molar-refractivity contribution < 1.29 is 33.6 Å². The Bertz CT molecular complexity index is 1310. The third-order valence-corrected chi connectivity index (χ3v) is 9.89. The van der Waals surface area contributed by atoms with Crippen LogP contribution in [0.5, 0.6) is 0 Å². The van der Waals surface area contributed by atoms with E-state index in [4.69, 9.17) is 23.7 Å². The molecule has 0 aromatic heterocycles. The van der Waals surface area contributed by atoms with Gasteiger partial charge in [0.2, 0.25) is 0 Å². The number of hydrogen-bond donors (Lipinski definition) is 2. The van der Waals surface area contributed by atoms with Gasteiger partial charge in [0, 0.05) is 5.75 Å². The van der Waals surface area contributed by atoms with Crippen molar-refractivity contribution in [3.8, 4) is 0 Å². The molecule has 2 N–H and O–H groups in total. The molecule has 3 saturated heterocycles. The molecule has 3 aromatic rings. The van der Waals surface area contributed by atoms with Gasteiger partial charge in [-0.25, -0.2) is 0 Å². The van der Waals surface area contributed by atoms with Crippen LogP contribution in [0.4, 0.5) is 0 Å². The van der Waals surface area contributed by atoms with Crippen LogP contribution in [0.25, 0.3) is 0 Å². The highest BCUT2D eigenvalue weighted by Gasteiger charge is 2.62. The lowest BCUT2D eigenvalue weighted by Gasteiger charge is -2.54. The van der Waals surface area contributed by atoms with Crippen molar-refractivity contribution in [1.29, 1.82) is 0 Å². The Labute approximate surface area is 257 Å². The third-order valence-electron chi connectivity index (χ3n) is 8.25. The lowest BCUT2D eigenvalue weighted by atomic mass is 9.84. The summed E-state index contributed by atoms with van der Waals surface area (Å²) < 4.78 is 30.6. The van der Waals surface area contributed by atoms with E-state index in [-0.39, 0.29) is 25.1 Å². The number of rotatable bonds is 9. The van der Waals surface area contributed by atoms with Crippen LogP contribution in [-0.4, -0.2) is 71.7 Å². The van der Waals surface area contributed by atoms with E-state index in [9.17, 15) is 9.90 Å². The first-order valence-electron chi connectivity index (χ1n) is 14.7. The van der Waals surface area contributed by atoms with Crippen molar-refractivity contribution >= 4 is 17.7 Å². The summed E-state index contributed by atoms with van der Waals surface area (Å²) in [5.41, 5.74) is 1.91. The van der Waals surface area contributed by atoms with Crippen LogP contribution in [0, 0.1) is 0 Å². The van der Waals surface area contributed by atoms with Crippen LogP contribution in [0.1, 0.15) is 44.4 Å². The van der Waals surface area contributed by atoms with Gasteiger partial charge in [0.25, 0.3) is 0 Å². The molecule has 3 fully saturated rings. The highest BCUT2D eigenvalue weighted by Crippen LogP contribution is 2.49. The van der Waals surface area contributed by atoms with Gasteiger partial charge in [-0.05, 0) is 44.4 Å². The highest BCUT2D eigenvalue weighted by molar-refractivity contribution is 8.00. The summed E-state index contributed by atoms with van der Waals surface area (Å²) in [7, 11) is 0. The summed E-state index contributed by atoms with van der Waals surface area (Å²) in [4.78, 5) is 13.0. The lowest BCUT2D eigenvalue weighted by molar-refractivity contribution is -0.379. The Morgan fingerprint density at radius 1 is 0.837 bits per heavy atom. The minimum absolute atomic E-state index is 0.0906. The van der Waals surface area contributed by atoms with E-state index in [1.54, 1.807) is 11.8 Å². The van der Waals surface area contributed by atoms with E-state index in [1.807, 2.05) is 82.3 Å². The van der Waals surface area contributed by atoms with E-state index in [1.165, 1.54) is 0 Å². The Balaban J connectivity index is 1.36. The Morgan fingerprint density at radius 2 is 1.37 bits per heavy atom. The normalized spacial score (nSPS) is 28.4. The Morgan fingerprint density at radius 3 is 1.88 bits per heavy atom. The molecule has 3 heterocycles. The topological polar surface area (TPSA) is 95.5 Å². The second kappa shape index (κ2) is 11.6. The molecule has 0 unspecified atom stereocenters. The van der Waals surface area contributed by atoms with Gasteiger partial charge in [0.15, 0.2) is 17.3 Å². The van der Waals surface area contributed by atoms with Gasteiger partial charge in [0.05, 0.1) is 18.0 Å². The largest absolute Gasteiger partial charge is 0.480 e. The van der Waals surface area contributed by atoms with Crippen LogP contribution >= 0.6 is 11.8 Å². The van der Waals surface area contributed by atoms with Gasteiger partial charge in [-0.2, -0.15) is 0 Å². The van der Waals surface area contributed by atoms with Gasteiger partial charge in [-0.3, -0.25) is 10.1 Å². The quantitative estimate of drug-likeness (QED) is 0.321. The van der Waals surface area contributed by atoms with Gasteiger partial charge >= 0.3 is 5.97 Å². The average Bonchev–Trinajstić information content (AvgIpc) is 3.33. The molecule has 43 heavy (non-hydrogen) atoms. The van der Waals surface area contributed by atoms with Crippen molar-refractivity contribution in [1.82, 2.24) is 5.32 Å². The van der Waals surface area contributed by atoms with Crippen LogP contribution in [0.2, 0.25) is 0 Å². The van der Waals surface area contributed by atoms with Crippen LogP contribution in [-0.2, 0) is 33.2 Å². The first-order valence-corrected chi connectivity index (χ1v) is 15.6. The van der Waals surface area contributed by atoms with Gasteiger partial charge in [-0.1, -0.05) is 91.0 Å². The van der Waals surface area contributed by atoms with E-state index >= 15 is 0 Å². The molecule has 0 radical (unpaired) electrons. The van der Waals surface area contributed by atoms with Crippen molar-refractivity contribution in [3.63, 3.8) is 0 Å². The number of fused-ring (bicyclic) bond motifs is 3. The number of carboxylic acid groups (broad SMARTS) is 1. The number of thioether (sulfide) groups is 1. The van der Waals surface area contributed by atoms with Crippen molar-refractivity contribution in [3.05, 3.63) is 108 Å². The maximum Gasteiger partial charge on any atom is 0.321 e. The number of hydrogen-bond acceptors (Lipinski definition) is 8. The number of carbonyl (C=O) groups is 1. The summed E-state index contributed by atoms with van der Waals surface area (Å²) in [5, 5.41) is 14.0. The maximum atomic E-state index is 13.0. The zero-order valence-corrected chi connectivity index (χ0v) is 25.7. The second-order valence-corrected chi connectivity index (χ2v) is 13.4. The standard InChI is InChI=1S/C34H39NO7S/c1-31(2)39-22-33(29(42-31)28-27(20-38-33)40-32(3,4)41-28)35-26(30(36)37)21-43-34(23-14-8-5-9-15-23,24-16-10-6-11-17-24)25-18-12-7-13-19-25/h5-19,26-29,35H,20-22H2,1-4H3,(H,36,37)/t26-,27+,28+,29-,33+/m0/s1. The van der Waals surface area contributed by atoms with Gasteiger partial charge < -0.3 is 28.8 Å². The molecule has 9 heteroatoms. The molecule has 0 aliphatic carbocycles. The molecule has 0 saturated carbocycles.